The van der Waals surface area contributed by atoms with Gasteiger partial charge < -0.3 is 19.7 Å². The van der Waals surface area contributed by atoms with Crippen molar-refractivity contribution >= 4 is 0 Å². The van der Waals surface area contributed by atoms with Gasteiger partial charge in [0.05, 0.1) is 25.8 Å². The van der Waals surface area contributed by atoms with E-state index in [4.69, 9.17) is 9.84 Å². The summed E-state index contributed by atoms with van der Waals surface area (Å²) in [7, 11) is 1.63. The van der Waals surface area contributed by atoms with Gasteiger partial charge in [-0.3, -0.25) is 0 Å². The average molecular weight is 227 g/mol. The van der Waals surface area contributed by atoms with E-state index in [9.17, 15) is 0 Å². The van der Waals surface area contributed by atoms with Crippen molar-refractivity contribution in [2.75, 3.05) is 20.3 Å². The maximum absolute atomic E-state index is 9.09. The van der Waals surface area contributed by atoms with Gasteiger partial charge in [-0.2, -0.15) is 0 Å². The van der Waals surface area contributed by atoms with Crippen LogP contribution in [0.3, 0.4) is 0 Å². The standard InChI is InChI=1S/C11H21N3O2/c1-3-5-14-6-4-12-11(14)7-13-10(8-15)9-16-2/h4,6,10,13,15H,3,5,7-9H2,1-2H3. The second-order valence-corrected chi connectivity index (χ2v) is 3.75. The van der Waals surface area contributed by atoms with Crippen LogP contribution in [0.5, 0.6) is 0 Å². The highest BCUT2D eigenvalue weighted by Crippen LogP contribution is 1.99. The van der Waals surface area contributed by atoms with E-state index in [0.717, 1.165) is 18.8 Å². The largest absolute Gasteiger partial charge is 0.395 e. The van der Waals surface area contributed by atoms with Gasteiger partial charge in [-0.25, -0.2) is 4.98 Å². The second kappa shape index (κ2) is 7.38. The third-order valence-electron chi connectivity index (χ3n) is 2.40. The highest BCUT2D eigenvalue weighted by Gasteiger charge is 2.08. The number of aryl methyl sites for hydroxylation is 1. The molecular weight excluding hydrogens is 206 g/mol. The quantitative estimate of drug-likeness (QED) is 0.674. The maximum Gasteiger partial charge on any atom is 0.122 e. The number of nitrogens with zero attached hydrogens (tertiary/aromatic N) is 2. The number of imidazole rings is 1. The molecule has 92 valence electrons. The molecule has 0 amide bonds. The predicted molar refractivity (Wildman–Crippen MR) is 62.1 cm³/mol. The Balaban J connectivity index is 2.43. The molecule has 0 saturated carbocycles. The van der Waals surface area contributed by atoms with Crippen molar-refractivity contribution in [3.8, 4) is 0 Å². The second-order valence-electron chi connectivity index (χ2n) is 3.75. The van der Waals surface area contributed by atoms with Crippen LogP contribution in [0, 0.1) is 0 Å². The number of ether oxygens (including phenoxy) is 1. The number of hydrogen-bond donors (Lipinski definition) is 2. The van der Waals surface area contributed by atoms with E-state index < -0.39 is 0 Å². The Bertz CT molecular complexity index is 289. The van der Waals surface area contributed by atoms with Crippen LogP contribution in [0.25, 0.3) is 0 Å². The van der Waals surface area contributed by atoms with Gasteiger partial charge in [0.2, 0.25) is 0 Å². The summed E-state index contributed by atoms with van der Waals surface area (Å²) in [6, 6.07) is -0.0308. The van der Waals surface area contributed by atoms with E-state index in [2.05, 4.69) is 21.8 Å². The Hall–Kier alpha value is -0.910. The fourth-order valence-corrected chi connectivity index (χ4v) is 1.56. The van der Waals surface area contributed by atoms with Crippen molar-refractivity contribution < 1.29 is 9.84 Å². The summed E-state index contributed by atoms with van der Waals surface area (Å²) in [6.07, 6.45) is 4.87. The summed E-state index contributed by atoms with van der Waals surface area (Å²) in [5.41, 5.74) is 0. The first kappa shape index (κ1) is 13.2. The van der Waals surface area contributed by atoms with Gasteiger partial charge in [0.15, 0.2) is 0 Å². The number of aliphatic hydroxyl groups is 1. The molecule has 1 aromatic heterocycles. The topological polar surface area (TPSA) is 59.3 Å². The van der Waals surface area contributed by atoms with Crippen molar-refractivity contribution in [1.29, 1.82) is 0 Å². The van der Waals surface area contributed by atoms with Crippen LogP contribution in [-0.2, 0) is 17.8 Å². The molecule has 0 aromatic carbocycles. The van der Waals surface area contributed by atoms with Crippen molar-refractivity contribution in [3.63, 3.8) is 0 Å². The van der Waals surface area contributed by atoms with Crippen LogP contribution in [0.4, 0.5) is 0 Å². The first-order valence-corrected chi connectivity index (χ1v) is 5.65. The minimum absolute atomic E-state index is 0.0308. The van der Waals surface area contributed by atoms with Crippen molar-refractivity contribution in [3.05, 3.63) is 18.2 Å². The van der Waals surface area contributed by atoms with E-state index in [1.54, 1.807) is 13.3 Å². The molecule has 0 spiro atoms. The first-order chi connectivity index (χ1) is 7.81. The van der Waals surface area contributed by atoms with Crippen molar-refractivity contribution in [1.82, 2.24) is 14.9 Å². The molecule has 0 saturated heterocycles. The SMILES string of the molecule is CCCn1ccnc1CNC(CO)COC. The summed E-state index contributed by atoms with van der Waals surface area (Å²) >= 11 is 0. The van der Waals surface area contributed by atoms with E-state index in [1.165, 1.54) is 0 Å². The summed E-state index contributed by atoms with van der Waals surface area (Å²) in [6.45, 7) is 4.35. The van der Waals surface area contributed by atoms with E-state index in [-0.39, 0.29) is 12.6 Å². The number of aliphatic hydroxyl groups excluding tert-OH is 1. The van der Waals surface area contributed by atoms with Gasteiger partial charge in [-0.1, -0.05) is 6.92 Å². The van der Waals surface area contributed by atoms with Crippen LogP contribution >= 0.6 is 0 Å². The highest BCUT2D eigenvalue weighted by atomic mass is 16.5. The summed E-state index contributed by atoms with van der Waals surface area (Å²) in [4.78, 5) is 4.28. The summed E-state index contributed by atoms with van der Waals surface area (Å²) < 4.78 is 7.11. The van der Waals surface area contributed by atoms with Crippen LogP contribution in [0.15, 0.2) is 12.4 Å². The Labute approximate surface area is 96.4 Å². The fourth-order valence-electron chi connectivity index (χ4n) is 1.56. The molecule has 1 heterocycles. The average Bonchev–Trinajstić information content (AvgIpc) is 2.72. The molecule has 0 aliphatic carbocycles. The molecule has 16 heavy (non-hydrogen) atoms. The number of nitrogens with one attached hydrogen (secondary N) is 1. The Morgan fingerprint density at radius 2 is 2.44 bits per heavy atom. The molecular formula is C11H21N3O2. The smallest absolute Gasteiger partial charge is 0.122 e. The van der Waals surface area contributed by atoms with Crippen LogP contribution in [0.2, 0.25) is 0 Å². The molecule has 0 aliphatic heterocycles. The molecule has 1 aromatic rings. The zero-order valence-corrected chi connectivity index (χ0v) is 10.0. The molecule has 1 rings (SSSR count). The molecule has 0 fully saturated rings. The van der Waals surface area contributed by atoms with Crippen LogP contribution in [0.1, 0.15) is 19.2 Å². The van der Waals surface area contributed by atoms with Gasteiger partial charge >= 0.3 is 0 Å². The van der Waals surface area contributed by atoms with Gasteiger partial charge in [0.1, 0.15) is 5.82 Å². The predicted octanol–water partition coefficient (Wildman–Crippen LogP) is 0.390. The molecule has 1 atom stereocenters. The van der Waals surface area contributed by atoms with Gasteiger partial charge in [0, 0.05) is 26.0 Å². The lowest BCUT2D eigenvalue weighted by atomic mass is 10.3. The third kappa shape index (κ3) is 3.92. The lowest BCUT2D eigenvalue weighted by molar-refractivity contribution is 0.127. The van der Waals surface area contributed by atoms with Crippen LogP contribution < -0.4 is 5.32 Å². The number of methoxy groups -OCH3 is 1. The third-order valence-corrected chi connectivity index (χ3v) is 2.40. The molecule has 0 bridgehead atoms. The molecule has 0 aliphatic rings. The summed E-state index contributed by atoms with van der Waals surface area (Å²) in [5.74, 6) is 0.997. The van der Waals surface area contributed by atoms with Gasteiger partial charge in [-0.05, 0) is 6.42 Å². The normalized spacial score (nSPS) is 12.9. The monoisotopic (exact) mass is 227 g/mol. The zero-order chi connectivity index (χ0) is 11.8. The molecule has 1 unspecified atom stereocenters. The highest BCUT2D eigenvalue weighted by molar-refractivity contribution is 4.92. The van der Waals surface area contributed by atoms with Crippen LogP contribution in [-0.4, -0.2) is 41.0 Å². The minimum atomic E-state index is -0.0308. The van der Waals surface area contributed by atoms with E-state index in [1.807, 2.05) is 6.20 Å². The molecule has 5 nitrogen and oxygen atoms in total. The Kier molecular flexibility index (Phi) is 6.07. The van der Waals surface area contributed by atoms with Gasteiger partial charge in [-0.15, -0.1) is 0 Å². The number of aromatic nitrogens is 2. The lowest BCUT2D eigenvalue weighted by Gasteiger charge is -2.15. The Morgan fingerprint density at radius 3 is 3.06 bits per heavy atom. The van der Waals surface area contributed by atoms with Crippen molar-refractivity contribution in [2.24, 2.45) is 0 Å². The summed E-state index contributed by atoms with van der Waals surface area (Å²) in [5, 5.41) is 12.3. The number of hydrogen-bond acceptors (Lipinski definition) is 4. The lowest BCUT2D eigenvalue weighted by Crippen LogP contribution is -2.36. The Morgan fingerprint density at radius 1 is 1.62 bits per heavy atom. The first-order valence-electron chi connectivity index (χ1n) is 5.65. The maximum atomic E-state index is 9.09. The van der Waals surface area contributed by atoms with E-state index >= 15 is 0 Å². The zero-order valence-electron chi connectivity index (χ0n) is 10.0. The number of rotatable bonds is 8. The minimum Gasteiger partial charge on any atom is -0.395 e. The fraction of sp³-hybridized carbons (Fsp3) is 0.727. The van der Waals surface area contributed by atoms with Gasteiger partial charge in [0.25, 0.3) is 0 Å². The molecule has 2 N–H and O–H groups in total. The van der Waals surface area contributed by atoms with Crippen molar-refractivity contribution in [2.45, 2.75) is 32.5 Å². The molecule has 0 radical (unpaired) electrons. The molecule has 5 heteroatoms. The van der Waals surface area contributed by atoms with E-state index in [0.29, 0.717) is 13.2 Å².